The lowest BCUT2D eigenvalue weighted by Crippen LogP contribution is -2.38. The molecule has 0 aliphatic rings. The Morgan fingerprint density at radius 3 is 2.41 bits per heavy atom. The van der Waals surface area contributed by atoms with Gasteiger partial charge in [-0.3, -0.25) is 10.1 Å². The molecule has 0 atom stereocenters. The number of nitrogens with zero attached hydrogens (tertiary/aromatic N) is 2. The molecule has 0 radical (unpaired) electrons. The van der Waals surface area contributed by atoms with Crippen molar-refractivity contribution in [2.75, 3.05) is 13.1 Å². The van der Waals surface area contributed by atoms with Crippen LogP contribution in [0.2, 0.25) is 0 Å². The highest BCUT2D eigenvalue weighted by molar-refractivity contribution is 5.68. The van der Waals surface area contributed by atoms with Crippen LogP contribution in [0, 0.1) is 10.1 Å². The van der Waals surface area contributed by atoms with Crippen LogP contribution in [0.1, 0.15) is 26.3 Å². The molecule has 6 nitrogen and oxygen atoms in total. The van der Waals surface area contributed by atoms with Crippen molar-refractivity contribution in [3.8, 4) is 0 Å². The van der Waals surface area contributed by atoms with Gasteiger partial charge in [-0.2, -0.15) is 0 Å². The number of non-ortho nitro benzene ring substituents is 1. The first-order chi connectivity index (χ1) is 10.2. The van der Waals surface area contributed by atoms with Crippen LogP contribution < -0.4 is 0 Å². The number of ether oxygens (including phenoxy) is 1. The fraction of sp³-hybridized carbons (Fsp3) is 0.438. The molecule has 1 aromatic carbocycles. The van der Waals surface area contributed by atoms with Gasteiger partial charge in [0, 0.05) is 25.2 Å². The Balaban J connectivity index is 2.65. The molecule has 0 saturated heterocycles. The minimum Gasteiger partial charge on any atom is -0.444 e. The molecule has 22 heavy (non-hydrogen) atoms. The molecule has 0 N–H and O–H groups in total. The van der Waals surface area contributed by atoms with Gasteiger partial charge < -0.3 is 9.64 Å². The highest BCUT2D eigenvalue weighted by Crippen LogP contribution is 2.14. The Labute approximate surface area is 130 Å². The number of carbonyl (C=O) groups is 1. The van der Waals surface area contributed by atoms with Crippen LogP contribution in [0.3, 0.4) is 0 Å². The van der Waals surface area contributed by atoms with E-state index in [9.17, 15) is 14.9 Å². The highest BCUT2D eigenvalue weighted by Gasteiger charge is 2.21. The average molecular weight is 306 g/mol. The molecule has 0 saturated carbocycles. The predicted molar refractivity (Wildman–Crippen MR) is 84.8 cm³/mol. The standard InChI is InChI=1S/C16H22N2O4/c1-5-11-17(15(19)22-16(2,3)4)12-10-13-6-8-14(9-7-13)18(20)21/h5-9H,1,10-12H2,2-4H3. The number of amides is 1. The minimum atomic E-state index is -0.552. The number of benzene rings is 1. The van der Waals surface area contributed by atoms with Gasteiger partial charge in [-0.1, -0.05) is 18.2 Å². The fourth-order valence-electron chi connectivity index (χ4n) is 1.79. The van der Waals surface area contributed by atoms with E-state index in [2.05, 4.69) is 6.58 Å². The second-order valence-corrected chi connectivity index (χ2v) is 5.89. The second kappa shape index (κ2) is 7.59. The third-order valence-corrected chi connectivity index (χ3v) is 2.82. The zero-order valence-electron chi connectivity index (χ0n) is 13.2. The summed E-state index contributed by atoms with van der Waals surface area (Å²) in [5, 5.41) is 10.6. The quantitative estimate of drug-likeness (QED) is 0.457. The summed E-state index contributed by atoms with van der Waals surface area (Å²) in [5.41, 5.74) is 0.422. The molecule has 0 aromatic heterocycles. The van der Waals surface area contributed by atoms with Gasteiger partial charge in [0.1, 0.15) is 5.60 Å². The third kappa shape index (κ3) is 5.95. The van der Waals surface area contributed by atoms with Crippen molar-refractivity contribution >= 4 is 11.8 Å². The minimum absolute atomic E-state index is 0.0545. The van der Waals surface area contributed by atoms with Crippen LogP contribution in [0.25, 0.3) is 0 Å². The monoisotopic (exact) mass is 306 g/mol. The lowest BCUT2D eigenvalue weighted by Gasteiger charge is -2.26. The van der Waals surface area contributed by atoms with Crippen molar-refractivity contribution in [2.24, 2.45) is 0 Å². The molecule has 1 rings (SSSR count). The van der Waals surface area contributed by atoms with Gasteiger partial charge in [-0.05, 0) is 32.8 Å². The lowest BCUT2D eigenvalue weighted by atomic mass is 10.1. The van der Waals surface area contributed by atoms with Gasteiger partial charge in [0.15, 0.2) is 0 Å². The van der Waals surface area contributed by atoms with Gasteiger partial charge in [-0.25, -0.2) is 4.79 Å². The molecule has 0 aliphatic heterocycles. The predicted octanol–water partition coefficient (Wildman–Crippen LogP) is 3.56. The molecule has 1 aromatic rings. The van der Waals surface area contributed by atoms with E-state index >= 15 is 0 Å². The van der Waals surface area contributed by atoms with E-state index in [1.807, 2.05) is 20.8 Å². The van der Waals surface area contributed by atoms with E-state index in [0.29, 0.717) is 19.5 Å². The molecular formula is C16H22N2O4. The maximum Gasteiger partial charge on any atom is 0.410 e. The Morgan fingerprint density at radius 1 is 1.36 bits per heavy atom. The molecule has 0 unspecified atom stereocenters. The van der Waals surface area contributed by atoms with Crippen molar-refractivity contribution in [2.45, 2.75) is 32.8 Å². The van der Waals surface area contributed by atoms with Crippen molar-refractivity contribution in [3.63, 3.8) is 0 Å². The van der Waals surface area contributed by atoms with Crippen LogP contribution in [0.4, 0.5) is 10.5 Å². The van der Waals surface area contributed by atoms with Crippen LogP contribution in [-0.4, -0.2) is 34.6 Å². The summed E-state index contributed by atoms with van der Waals surface area (Å²) in [6.07, 6.45) is 1.83. The largest absolute Gasteiger partial charge is 0.444 e. The Hall–Kier alpha value is -2.37. The summed E-state index contributed by atoms with van der Waals surface area (Å²) in [6, 6.07) is 6.31. The summed E-state index contributed by atoms with van der Waals surface area (Å²) in [5.74, 6) is 0. The number of carbonyl (C=O) groups excluding carboxylic acids is 1. The Kier molecular flexibility index (Phi) is 6.10. The van der Waals surface area contributed by atoms with E-state index in [1.54, 1.807) is 23.1 Å². The number of hydrogen-bond acceptors (Lipinski definition) is 4. The van der Waals surface area contributed by atoms with Gasteiger partial charge in [0.05, 0.1) is 4.92 Å². The number of nitro groups is 1. The third-order valence-electron chi connectivity index (χ3n) is 2.82. The van der Waals surface area contributed by atoms with E-state index in [1.165, 1.54) is 12.1 Å². The van der Waals surface area contributed by atoms with Crippen LogP contribution in [-0.2, 0) is 11.2 Å². The van der Waals surface area contributed by atoms with Crippen molar-refractivity contribution in [1.29, 1.82) is 0 Å². The first kappa shape index (κ1) is 17.7. The maximum absolute atomic E-state index is 12.1. The summed E-state index contributed by atoms with van der Waals surface area (Å²) < 4.78 is 5.34. The van der Waals surface area contributed by atoms with Gasteiger partial charge in [-0.15, -0.1) is 6.58 Å². The number of rotatable bonds is 6. The zero-order valence-corrected chi connectivity index (χ0v) is 13.2. The van der Waals surface area contributed by atoms with Crippen LogP contribution in [0.15, 0.2) is 36.9 Å². The molecule has 0 bridgehead atoms. The normalized spacial score (nSPS) is 10.9. The molecule has 120 valence electrons. The first-order valence-corrected chi connectivity index (χ1v) is 7.05. The number of nitro benzene ring substituents is 1. The lowest BCUT2D eigenvalue weighted by molar-refractivity contribution is -0.384. The maximum atomic E-state index is 12.1. The summed E-state index contributed by atoms with van der Waals surface area (Å²) in [6.45, 7) is 9.93. The van der Waals surface area contributed by atoms with E-state index in [0.717, 1.165) is 5.56 Å². The van der Waals surface area contributed by atoms with E-state index in [4.69, 9.17) is 4.74 Å². The molecular weight excluding hydrogens is 284 g/mol. The first-order valence-electron chi connectivity index (χ1n) is 7.05. The smallest absolute Gasteiger partial charge is 0.410 e. The van der Waals surface area contributed by atoms with Crippen molar-refractivity contribution < 1.29 is 14.5 Å². The number of hydrogen-bond donors (Lipinski definition) is 0. The summed E-state index contributed by atoms with van der Waals surface area (Å²) in [7, 11) is 0. The van der Waals surface area contributed by atoms with Crippen LogP contribution >= 0.6 is 0 Å². The van der Waals surface area contributed by atoms with Crippen molar-refractivity contribution in [3.05, 3.63) is 52.6 Å². The molecule has 1 amide bonds. The van der Waals surface area contributed by atoms with E-state index in [-0.39, 0.29) is 5.69 Å². The van der Waals surface area contributed by atoms with Crippen molar-refractivity contribution in [1.82, 2.24) is 4.90 Å². The summed E-state index contributed by atoms with van der Waals surface area (Å²) >= 11 is 0. The van der Waals surface area contributed by atoms with Gasteiger partial charge >= 0.3 is 6.09 Å². The molecule has 0 aliphatic carbocycles. The molecule has 6 heteroatoms. The van der Waals surface area contributed by atoms with Gasteiger partial charge in [0.2, 0.25) is 0 Å². The van der Waals surface area contributed by atoms with Crippen LogP contribution in [0.5, 0.6) is 0 Å². The topological polar surface area (TPSA) is 72.7 Å². The Bertz CT molecular complexity index is 532. The fourth-order valence-corrected chi connectivity index (χ4v) is 1.79. The molecule has 0 fully saturated rings. The summed E-state index contributed by atoms with van der Waals surface area (Å²) in [4.78, 5) is 23.8. The highest BCUT2D eigenvalue weighted by atomic mass is 16.6. The zero-order chi connectivity index (χ0) is 16.8. The molecule has 0 spiro atoms. The van der Waals surface area contributed by atoms with Gasteiger partial charge in [0.25, 0.3) is 5.69 Å². The molecule has 0 heterocycles. The Morgan fingerprint density at radius 2 is 1.95 bits per heavy atom. The SMILES string of the molecule is C=CCN(CCc1ccc([N+](=O)[O-])cc1)C(=O)OC(C)(C)C. The second-order valence-electron chi connectivity index (χ2n) is 5.89. The average Bonchev–Trinajstić information content (AvgIpc) is 2.41. The van der Waals surface area contributed by atoms with E-state index < -0.39 is 16.6 Å².